The topological polar surface area (TPSA) is 56.2 Å². The monoisotopic (exact) mass is 310 g/mol. The van der Waals surface area contributed by atoms with Gasteiger partial charge < -0.3 is 0 Å². The van der Waals surface area contributed by atoms with E-state index in [0.717, 1.165) is 13.0 Å². The average molecular weight is 310 g/mol. The summed E-state index contributed by atoms with van der Waals surface area (Å²) in [6, 6.07) is 0.0212. The van der Waals surface area contributed by atoms with Crippen LogP contribution in [0.3, 0.4) is 0 Å². The minimum atomic E-state index is -0.0297. The van der Waals surface area contributed by atoms with Gasteiger partial charge in [0.2, 0.25) is 0 Å². The Morgan fingerprint density at radius 2 is 2.29 bits per heavy atom. The molecule has 1 heterocycles. The van der Waals surface area contributed by atoms with Gasteiger partial charge in [-0.25, -0.2) is 0 Å². The molecule has 1 rings (SSSR count). The second kappa shape index (κ2) is 5.06. The molecule has 0 aliphatic carbocycles. The summed E-state index contributed by atoms with van der Waals surface area (Å²) in [6.07, 6.45) is 0.947. The van der Waals surface area contributed by atoms with Crippen LogP contribution in [0.1, 0.15) is 20.3 Å². The van der Waals surface area contributed by atoms with E-state index in [0.29, 0.717) is 9.76 Å². The molecule has 2 N–H and O–H groups in total. The average Bonchev–Trinajstić information content (AvgIpc) is 2.00. The molecule has 2 atom stereocenters. The maximum absolute atomic E-state index is 11.2. The summed E-state index contributed by atoms with van der Waals surface area (Å²) in [6.45, 7) is 4.45. The van der Waals surface area contributed by atoms with Crippen LogP contribution in [0.15, 0.2) is 0 Å². The molecule has 5 heteroatoms. The van der Waals surface area contributed by atoms with Gasteiger partial charge in [0, 0.05) is 0 Å². The summed E-state index contributed by atoms with van der Waals surface area (Å²) in [5.74, 6) is 0.902. The number of Topliss-reactive ketones (excluding diaryl/α,β-unsaturated/α-hetero) is 1. The number of ketones is 1. The molecule has 0 aromatic carbocycles. The van der Waals surface area contributed by atoms with E-state index in [2.05, 4.69) is 8.43 Å². The second-order valence-corrected chi connectivity index (χ2v) is 7.00. The van der Waals surface area contributed by atoms with Crippen LogP contribution in [0.2, 0.25) is 0 Å². The molecule has 0 saturated carbocycles. The van der Waals surface area contributed by atoms with E-state index in [-0.39, 0.29) is 33.3 Å². The van der Waals surface area contributed by atoms with Gasteiger partial charge in [0.05, 0.1) is 0 Å². The van der Waals surface area contributed by atoms with Gasteiger partial charge in [0.15, 0.2) is 0 Å². The quantitative estimate of drug-likeness (QED) is 0.194. The zero-order chi connectivity index (χ0) is 10.7. The van der Waals surface area contributed by atoms with Crippen LogP contribution in [0.5, 0.6) is 0 Å². The van der Waals surface area contributed by atoms with Gasteiger partial charge in [-0.2, -0.15) is 0 Å². The fourth-order valence-electron chi connectivity index (χ4n) is 1.40. The predicted molar refractivity (Wildman–Crippen MR) is 52.0 cm³/mol. The molecule has 0 radical (unpaired) electrons. The zero-order valence-electron chi connectivity index (χ0n) is 8.80. The van der Waals surface area contributed by atoms with E-state index in [1.165, 1.54) is 0 Å². The Bertz CT molecular complexity index is 238. The molecule has 1 aliphatic heterocycles. The number of amidine groups is 1. The zero-order valence-corrected chi connectivity index (χ0v) is 11.0. The summed E-state index contributed by atoms with van der Waals surface area (Å²) < 4.78 is 2.81. The first kappa shape index (κ1) is 11.9. The van der Waals surface area contributed by atoms with E-state index in [9.17, 15) is 4.79 Å². The molecule has 0 spiro atoms. The first-order chi connectivity index (χ1) is 6.54. The Kier molecular flexibility index (Phi) is 4.31. The van der Waals surface area contributed by atoms with Crippen LogP contribution < -0.4 is 26.8 Å². The van der Waals surface area contributed by atoms with Gasteiger partial charge in [0.1, 0.15) is 0 Å². The van der Waals surface area contributed by atoms with Crippen molar-refractivity contribution in [2.45, 2.75) is 30.2 Å². The fourth-order valence-corrected chi connectivity index (χ4v) is 4.10. The molecule has 1 saturated heterocycles. The first-order valence-corrected chi connectivity index (χ1v) is 6.89. The first-order valence-electron chi connectivity index (χ1n) is 4.68. The molecule has 0 aromatic heterocycles. The third-order valence-electron chi connectivity index (χ3n) is 2.31. The van der Waals surface area contributed by atoms with Gasteiger partial charge >= 0.3 is 95.6 Å². The van der Waals surface area contributed by atoms with E-state index < -0.39 is 0 Å². The number of likely N-dealkylation sites (N-methyl/N-ethyl adjacent to an activating group) is 1. The number of carbonyl (C=O) groups excluding carboxylic acids is 1. The number of rotatable bonds is 4. The molecule has 0 aromatic rings. The molecular formula is C9H17IN3O-. The summed E-state index contributed by atoms with van der Waals surface area (Å²) in [5.41, 5.74) is 0. The number of nitrogens with zero attached hydrogens (tertiary/aromatic N) is 1. The molecule has 1 aliphatic rings. The van der Waals surface area contributed by atoms with Gasteiger partial charge in [-0.05, 0) is 0 Å². The van der Waals surface area contributed by atoms with Crippen molar-refractivity contribution in [3.63, 3.8) is 0 Å². The maximum atomic E-state index is 11.2. The van der Waals surface area contributed by atoms with Crippen molar-refractivity contribution >= 4 is 11.6 Å². The third kappa shape index (κ3) is 2.91. The van der Waals surface area contributed by atoms with Crippen LogP contribution in [0.25, 0.3) is 0 Å². The van der Waals surface area contributed by atoms with E-state index in [1.54, 1.807) is 6.92 Å². The standard InChI is InChI=1S/C9H17IN3O/c1-6(14)9(12-3)4-8-5-13(10-8)7(2)11/h8-9,11-12H,4-5H2,1-3H3/q-1/t8?,9-/m0/s1. The van der Waals surface area contributed by atoms with E-state index >= 15 is 0 Å². The van der Waals surface area contributed by atoms with Crippen molar-refractivity contribution in [2.75, 3.05) is 13.6 Å². The number of hydrogen-bond donors (Lipinski definition) is 2. The third-order valence-corrected chi connectivity index (χ3v) is 5.79. The SMILES string of the molecule is CN[C@@H](CC1CN(C(C)=N)[I-]1)C(C)=O. The summed E-state index contributed by atoms with van der Waals surface area (Å²) in [5, 5.41) is 10.5. The van der Waals surface area contributed by atoms with E-state index in [4.69, 9.17) is 5.41 Å². The van der Waals surface area contributed by atoms with Crippen LogP contribution >= 0.6 is 0 Å². The molecule has 14 heavy (non-hydrogen) atoms. The van der Waals surface area contributed by atoms with E-state index in [1.807, 2.05) is 14.0 Å². The summed E-state index contributed by atoms with van der Waals surface area (Å²) in [4.78, 5) is 11.2. The van der Waals surface area contributed by atoms with Crippen molar-refractivity contribution in [3.8, 4) is 0 Å². The molecule has 1 unspecified atom stereocenters. The van der Waals surface area contributed by atoms with Gasteiger partial charge in [-0.3, -0.25) is 0 Å². The molecule has 82 valence electrons. The summed E-state index contributed by atoms with van der Waals surface area (Å²) in [7, 11) is 1.84. The Morgan fingerprint density at radius 3 is 2.64 bits per heavy atom. The Labute approximate surface area is 95.6 Å². The Morgan fingerprint density at radius 1 is 1.71 bits per heavy atom. The Hall–Kier alpha value is -0.170. The van der Waals surface area contributed by atoms with Crippen molar-refractivity contribution < 1.29 is 26.3 Å². The van der Waals surface area contributed by atoms with Crippen molar-refractivity contribution in [1.82, 2.24) is 8.43 Å². The number of hydrogen-bond acceptors (Lipinski definition) is 3. The second-order valence-electron chi connectivity index (χ2n) is 3.51. The molecule has 4 nitrogen and oxygen atoms in total. The van der Waals surface area contributed by atoms with Crippen LogP contribution in [0, 0.1) is 5.41 Å². The van der Waals surface area contributed by atoms with Crippen molar-refractivity contribution in [1.29, 1.82) is 5.41 Å². The van der Waals surface area contributed by atoms with Crippen LogP contribution in [-0.4, -0.2) is 38.3 Å². The fraction of sp³-hybridized carbons (Fsp3) is 0.778. The van der Waals surface area contributed by atoms with Gasteiger partial charge in [0.25, 0.3) is 0 Å². The van der Waals surface area contributed by atoms with Gasteiger partial charge in [-0.15, -0.1) is 0 Å². The predicted octanol–water partition coefficient (Wildman–Crippen LogP) is -2.76. The van der Waals surface area contributed by atoms with Crippen LogP contribution in [-0.2, 0) is 4.79 Å². The Balaban J connectivity index is 2.27. The van der Waals surface area contributed by atoms with Crippen molar-refractivity contribution in [3.05, 3.63) is 0 Å². The summed E-state index contributed by atoms with van der Waals surface area (Å²) >= 11 is -0.0297. The molecule has 1 fully saturated rings. The normalized spacial score (nSPS) is 23.4. The number of alkyl halides is 1. The molecular weight excluding hydrogens is 293 g/mol. The molecule has 0 amide bonds. The van der Waals surface area contributed by atoms with Gasteiger partial charge in [-0.1, -0.05) is 0 Å². The number of halogens is 1. The van der Waals surface area contributed by atoms with Crippen LogP contribution in [0.4, 0.5) is 0 Å². The number of nitrogens with one attached hydrogen (secondary N) is 2. The molecule has 0 bridgehead atoms. The number of carbonyl (C=O) groups is 1. The minimum absolute atomic E-state index is 0.0212. The van der Waals surface area contributed by atoms with Crippen molar-refractivity contribution in [2.24, 2.45) is 0 Å².